The summed E-state index contributed by atoms with van der Waals surface area (Å²) in [6, 6.07) is 11.2. The highest BCUT2D eigenvalue weighted by molar-refractivity contribution is 6.33. The first-order chi connectivity index (χ1) is 9.77. The molecule has 1 aliphatic rings. The van der Waals surface area contributed by atoms with Crippen LogP contribution in [0.15, 0.2) is 48.8 Å². The lowest BCUT2D eigenvalue weighted by molar-refractivity contribution is 0.0735. The molecule has 1 fully saturated rings. The predicted molar refractivity (Wildman–Crippen MR) is 78.7 cm³/mol. The van der Waals surface area contributed by atoms with Gasteiger partial charge in [0.15, 0.2) is 0 Å². The van der Waals surface area contributed by atoms with E-state index < -0.39 is 0 Å². The highest BCUT2D eigenvalue weighted by Gasteiger charge is 2.31. The molecule has 102 valence electrons. The number of aromatic nitrogens is 1. The minimum Gasteiger partial charge on any atom is -0.332 e. The van der Waals surface area contributed by atoms with E-state index in [1.165, 1.54) is 0 Å². The zero-order valence-electron chi connectivity index (χ0n) is 11.0. The highest BCUT2D eigenvalue weighted by Crippen LogP contribution is 2.33. The molecule has 4 heteroatoms. The van der Waals surface area contributed by atoms with E-state index >= 15 is 0 Å². The molecule has 20 heavy (non-hydrogen) atoms. The Bertz CT molecular complexity index is 615. The Balaban J connectivity index is 1.90. The minimum absolute atomic E-state index is 0.00181. The van der Waals surface area contributed by atoms with Gasteiger partial charge < -0.3 is 4.90 Å². The summed E-state index contributed by atoms with van der Waals surface area (Å²) >= 11 is 6.13. The van der Waals surface area contributed by atoms with Crippen molar-refractivity contribution in [3.05, 3.63) is 64.9 Å². The van der Waals surface area contributed by atoms with Crippen LogP contribution < -0.4 is 0 Å². The van der Waals surface area contributed by atoms with Gasteiger partial charge in [-0.15, -0.1) is 0 Å². The van der Waals surface area contributed by atoms with Gasteiger partial charge in [0, 0.05) is 18.9 Å². The highest BCUT2D eigenvalue weighted by atomic mass is 35.5. The number of halogens is 1. The molecule has 0 N–H and O–H groups in total. The van der Waals surface area contributed by atoms with Crippen LogP contribution in [-0.4, -0.2) is 22.3 Å². The van der Waals surface area contributed by atoms with Crippen LogP contribution in [0.4, 0.5) is 0 Å². The molecule has 0 aliphatic carbocycles. The van der Waals surface area contributed by atoms with Crippen molar-refractivity contribution >= 4 is 17.5 Å². The molecular weight excluding hydrogens is 272 g/mol. The van der Waals surface area contributed by atoms with Crippen molar-refractivity contribution in [1.29, 1.82) is 0 Å². The molecule has 1 aliphatic heterocycles. The third-order valence-electron chi connectivity index (χ3n) is 3.69. The van der Waals surface area contributed by atoms with Crippen molar-refractivity contribution in [3.63, 3.8) is 0 Å². The Kier molecular flexibility index (Phi) is 3.70. The zero-order chi connectivity index (χ0) is 13.9. The molecule has 0 saturated carbocycles. The van der Waals surface area contributed by atoms with Gasteiger partial charge in [0.1, 0.15) is 0 Å². The number of benzene rings is 1. The van der Waals surface area contributed by atoms with Crippen molar-refractivity contribution < 1.29 is 4.79 Å². The lowest BCUT2D eigenvalue weighted by atomic mass is 10.1. The van der Waals surface area contributed by atoms with Crippen LogP contribution in [0, 0.1) is 0 Å². The van der Waals surface area contributed by atoms with Gasteiger partial charge in [-0.05, 0) is 36.6 Å². The summed E-state index contributed by atoms with van der Waals surface area (Å²) < 4.78 is 0. The molecule has 1 amide bonds. The van der Waals surface area contributed by atoms with E-state index in [1.54, 1.807) is 18.3 Å². The van der Waals surface area contributed by atoms with Crippen molar-refractivity contribution in [2.24, 2.45) is 0 Å². The van der Waals surface area contributed by atoms with E-state index in [0.717, 1.165) is 24.9 Å². The van der Waals surface area contributed by atoms with E-state index in [-0.39, 0.29) is 11.9 Å². The minimum atomic E-state index is 0.00181. The Morgan fingerprint density at radius 3 is 2.85 bits per heavy atom. The fourth-order valence-corrected chi connectivity index (χ4v) is 2.94. The molecule has 2 heterocycles. The van der Waals surface area contributed by atoms with E-state index in [2.05, 4.69) is 4.98 Å². The number of hydrogen-bond acceptors (Lipinski definition) is 2. The SMILES string of the molecule is O=C(c1ccccc1Cl)N1CCCC1c1cccnc1. The van der Waals surface area contributed by atoms with Gasteiger partial charge >= 0.3 is 0 Å². The van der Waals surface area contributed by atoms with E-state index in [0.29, 0.717) is 10.6 Å². The Hall–Kier alpha value is -1.87. The number of rotatable bonds is 2. The first kappa shape index (κ1) is 13.1. The summed E-state index contributed by atoms with van der Waals surface area (Å²) in [5.74, 6) is 0.00181. The number of pyridine rings is 1. The van der Waals surface area contributed by atoms with Gasteiger partial charge in [0.25, 0.3) is 5.91 Å². The number of nitrogens with zero attached hydrogens (tertiary/aromatic N) is 2. The molecule has 1 aromatic heterocycles. The maximum absolute atomic E-state index is 12.7. The van der Waals surface area contributed by atoms with Gasteiger partial charge in [-0.25, -0.2) is 0 Å². The molecule has 1 aromatic carbocycles. The molecule has 3 nitrogen and oxygen atoms in total. The molecule has 1 atom stereocenters. The largest absolute Gasteiger partial charge is 0.332 e. The van der Waals surface area contributed by atoms with Crippen LogP contribution in [0.3, 0.4) is 0 Å². The van der Waals surface area contributed by atoms with E-state index in [1.807, 2.05) is 35.4 Å². The first-order valence-electron chi connectivity index (χ1n) is 6.73. The fraction of sp³-hybridized carbons (Fsp3) is 0.250. The second kappa shape index (κ2) is 5.63. The average molecular weight is 287 g/mol. The number of carbonyl (C=O) groups is 1. The quantitative estimate of drug-likeness (QED) is 0.843. The lowest BCUT2D eigenvalue weighted by Crippen LogP contribution is -2.30. The van der Waals surface area contributed by atoms with Crippen LogP contribution in [0.1, 0.15) is 34.8 Å². The summed E-state index contributed by atoms with van der Waals surface area (Å²) in [5, 5.41) is 0.509. The van der Waals surface area contributed by atoms with Gasteiger partial charge in [-0.1, -0.05) is 29.8 Å². The molecular formula is C16H15ClN2O. The summed E-state index contributed by atoms with van der Waals surface area (Å²) in [6.45, 7) is 0.767. The van der Waals surface area contributed by atoms with Crippen LogP contribution in [0.25, 0.3) is 0 Å². The number of carbonyl (C=O) groups excluding carboxylic acids is 1. The molecule has 1 saturated heterocycles. The zero-order valence-corrected chi connectivity index (χ0v) is 11.8. The van der Waals surface area contributed by atoms with Gasteiger partial charge in [0.05, 0.1) is 16.6 Å². The first-order valence-corrected chi connectivity index (χ1v) is 7.10. The monoisotopic (exact) mass is 286 g/mol. The van der Waals surface area contributed by atoms with Crippen LogP contribution in [0.5, 0.6) is 0 Å². The summed E-state index contributed by atoms with van der Waals surface area (Å²) in [5.41, 5.74) is 1.66. The van der Waals surface area contributed by atoms with Crippen molar-refractivity contribution in [2.45, 2.75) is 18.9 Å². The normalized spacial score (nSPS) is 18.2. The topological polar surface area (TPSA) is 33.2 Å². The third kappa shape index (κ3) is 2.41. The second-order valence-electron chi connectivity index (χ2n) is 4.92. The molecule has 3 rings (SSSR count). The second-order valence-corrected chi connectivity index (χ2v) is 5.33. The maximum Gasteiger partial charge on any atom is 0.255 e. The van der Waals surface area contributed by atoms with Crippen LogP contribution >= 0.6 is 11.6 Å². The van der Waals surface area contributed by atoms with Crippen molar-refractivity contribution in [3.8, 4) is 0 Å². The lowest BCUT2D eigenvalue weighted by Gasteiger charge is -2.25. The summed E-state index contributed by atoms with van der Waals surface area (Å²) in [4.78, 5) is 18.7. The Labute approximate surface area is 123 Å². The van der Waals surface area contributed by atoms with Gasteiger partial charge in [-0.2, -0.15) is 0 Å². The Morgan fingerprint density at radius 1 is 1.25 bits per heavy atom. The number of amides is 1. The molecule has 1 unspecified atom stereocenters. The molecule has 0 radical (unpaired) electrons. The van der Waals surface area contributed by atoms with Gasteiger partial charge in [-0.3, -0.25) is 9.78 Å². The predicted octanol–water partition coefficient (Wildman–Crippen LogP) is 3.71. The maximum atomic E-state index is 12.7. The van der Waals surface area contributed by atoms with Crippen LogP contribution in [-0.2, 0) is 0 Å². The Morgan fingerprint density at radius 2 is 2.10 bits per heavy atom. The van der Waals surface area contributed by atoms with E-state index in [4.69, 9.17) is 11.6 Å². The molecule has 0 spiro atoms. The fourth-order valence-electron chi connectivity index (χ4n) is 2.72. The van der Waals surface area contributed by atoms with Gasteiger partial charge in [0.2, 0.25) is 0 Å². The van der Waals surface area contributed by atoms with Crippen molar-refractivity contribution in [1.82, 2.24) is 9.88 Å². The molecule has 0 bridgehead atoms. The smallest absolute Gasteiger partial charge is 0.255 e. The summed E-state index contributed by atoms with van der Waals surface area (Å²) in [6.07, 6.45) is 5.57. The summed E-state index contributed by atoms with van der Waals surface area (Å²) in [7, 11) is 0. The third-order valence-corrected chi connectivity index (χ3v) is 4.02. The number of hydrogen-bond donors (Lipinski definition) is 0. The standard InChI is InChI=1S/C16H15ClN2O/c17-14-7-2-1-6-13(14)16(20)19-10-4-8-15(19)12-5-3-9-18-11-12/h1-3,5-7,9,11,15H,4,8,10H2. The van der Waals surface area contributed by atoms with Crippen LogP contribution in [0.2, 0.25) is 5.02 Å². The van der Waals surface area contributed by atoms with E-state index in [9.17, 15) is 4.79 Å². The van der Waals surface area contributed by atoms with Crippen molar-refractivity contribution in [2.75, 3.05) is 6.54 Å². The average Bonchev–Trinajstić information content (AvgIpc) is 2.97. The molecule has 2 aromatic rings. The number of likely N-dealkylation sites (tertiary alicyclic amines) is 1.